The normalized spacial score (nSPS) is 11.3. The second kappa shape index (κ2) is 32.9. The van der Waals surface area contributed by atoms with E-state index in [2.05, 4.69) is 13.8 Å². The topological polar surface area (TPSA) is 107 Å². The zero-order valence-corrected chi connectivity index (χ0v) is 31.6. The Balaban J connectivity index is 0.0000230. The third-order valence-corrected chi connectivity index (χ3v) is 9.97. The van der Waals surface area contributed by atoms with Gasteiger partial charge in [0.25, 0.3) is 10.1 Å². The predicted octanol–water partition coefficient (Wildman–Crippen LogP) is 11.6. The fraction of sp³-hybridized carbons (Fsp3) is 0.800. The zero-order valence-electron chi connectivity index (χ0n) is 30.8. The molecule has 0 aliphatic rings. The molecule has 0 saturated heterocycles. The number of rotatable bonds is 33. The van der Waals surface area contributed by atoms with Gasteiger partial charge in [-0.25, -0.2) is 9.59 Å². The van der Waals surface area contributed by atoms with Crippen LogP contribution in [0.15, 0.2) is 23.1 Å². The Hall–Kier alpha value is -0.930. The van der Waals surface area contributed by atoms with Crippen molar-refractivity contribution >= 4 is 51.6 Å². The molecule has 0 unspecified atom stereocenters. The fourth-order valence-corrected chi connectivity index (χ4v) is 6.63. The van der Waals surface area contributed by atoms with Gasteiger partial charge in [-0.2, -0.15) is 8.42 Å². The number of hydrogen-bond acceptors (Lipinski definition) is 6. The van der Waals surface area contributed by atoms with Gasteiger partial charge in [0.2, 0.25) is 0 Å². The van der Waals surface area contributed by atoms with Crippen molar-refractivity contribution in [2.24, 2.45) is 0 Å². The van der Waals surface area contributed by atoms with Crippen LogP contribution in [0.1, 0.15) is 214 Å². The number of carbonyl (C=O) groups excluding carboxylic acids is 2. The maximum absolute atomic E-state index is 12.7. The van der Waals surface area contributed by atoms with Gasteiger partial charge in [0, 0.05) is 0 Å². The van der Waals surface area contributed by atoms with Crippen molar-refractivity contribution in [1.29, 1.82) is 0 Å². The van der Waals surface area contributed by atoms with Crippen LogP contribution in [0.25, 0.3) is 0 Å². The van der Waals surface area contributed by atoms with E-state index in [4.69, 9.17) is 9.47 Å². The molecule has 0 saturated carbocycles. The molecule has 49 heavy (non-hydrogen) atoms. The summed E-state index contributed by atoms with van der Waals surface area (Å²) in [5.74, 6) is -1.45. The van der Waals surface area contributed by atoms with Gasteiger partial charge < -0.3 is 9.47 Å². The molecule has 0 aliphatic heterocycles. The number of hydrogen-bond donors (Lipinski definition) is 1. The van der Waals surface area contributed by atoms with Gasteiger partial charge in [0.15, 0.2) is 0 Å². The van der Waals surface area contributed by atoms with E-state index in [0.29, 0.717) is 0 Å². The maximum atomic E-state index is 12.7. The SMILES string of the molecule is CCCCCCCCCCCCCCCCOC(=O)c1cc(C(=O)OCCCCCCCCCCCCCCCC)cc(S(=O)(=O)O)c1.[NaH]. The Morgan fingerprint density at radius 2 is 0.714 bits per heavy atom. The van der Waals surface area contributed by atoms with E-state index in [1.807, 2.05) is 0 Å². The summed E-state index contributed by atoms with van der Waals surface area (Å²) in [6.45, 7) is 4.93. The van der Waals surface area contributed by atoms with Gasteiger partial charge in [-0.15, -0.1) is 0 Å². The Bertz CT molecular complexity index is 996. The van der Waals surface area contributed by atoms with Crippen molar-refractivity contribution in [2.45, 2.75) is 199 Å². The van der Waals surface area contributed by atoms with Crippen LogP contribution in [0, 0.1) is 0 Å². The molecule has 1 rings (SSSR count). The Morgan fingerprint density at radius 3 is 0.959 bits per heavy atom. The van der Waals surface area contributed by atoms with Crippen LogP contribution in [0.3, 0.4) is 0 Å². The summed E-state index contributed by atoms with van der Waals surface area (Å²) < 4.78 is 44.0. The van der Waals surface area contributed by atoms with Crippen molar-refractivity contribution < 1.29 is 32.0 Å². The first-order valence-corrected chi connectivity index (χ1v) is 21.2. The summed E-state index contributed by atoms with van der Waals surface area (Å²) in [6, 6.07) is 3.34. The molecule has 1 N–H and O–H groups in total. The van der Waals surface area contributed by atoms with Gasteiger partial charge in [-0.3, -0.25) is 4.55 Å². The number of unbranched alkanes of at least 4 members (excludes halogenated alkanes) is 26. The van der Waals surface area contributed by atoms with Gasteiger partial charge in [-0.1, -0.05) is 181 Å². The van der Waals surface area contributed by atoms with Crippen molar-refractivity contribution in [3.8, 4) is 0 Å². The van der Waals surface area contributed by atoms with E-state index >= 15 is 0 Å². The molecule has 0 fully saturated rings. The molecule has 0 atom stereocenters. The molecule has 0 aliphatic carbocycles. The molecule has 280 valence electrons. The van der Waals surface area contributed by atoms with Gasteiger partial charge >= 0.3 is 41.5 Å². The van der Waals surface area contributed by atoms with E-state index < -0.39 is 27.0 Å². The van der Waals surface area contributed by atoms with E-state index in [1.54, 1.807) is 0 Å². The molecule has 1 aromatic rings. The Morgan fingerprint density at radius 1 is 0.469 bits per heavy atom. The van der Waals surface area contributed by atoms with Gasteiger partial charge in [0.05, 0.1) is 29.2 Å². The van der Waals surface area contributed by atoms with Gasteiger partial charge in [0.1, 0.15) is 0 Å². The van der Waals surface area contributed by atoms with Crippen molar-refractivity contribution in [3.05, 3.63) is 29.3 Å². The Kier molecular flexibility index (Phi) is 32.3. The average molecular weight is 719 g/mol. The summed E-state index contributed by atoms with van der Waals surface area (Å²) in [7, 11) is -4.63. The van der Waals surface area contributed by atoms with Crippen LogP contribution >= 0.6 is 0 Å². The number of ether oxygens (including phenoxy) is 2. The molecule has 1 aromatic carbocycles. The number of carbonyl (C=O) groups is 2. The molecule has 0 bridgehead atoms. The molecule has 0 heterocycles. The van der Waals surface area contributed by atoms with Crippen molar-refractivity contribution in [2.75, 3.05) is 13.2 Å². The predicted molar refractivity (Wildman–Crippen MR) is 205 cm³/mol. The first kappa shape index (κ1) is 48.1. The minimum absolute atomic E-state index is 0. The van der Waals surface area contributed by atoms with Crippen LogP contribution in [0.2, 0.25) is 0 Å². The van der Waals surface area contributed by atoms with Crippen molar-refractivity contribution in [3.63, 3.8) is 0 Å². The first-order valence-electron chi connectivity index (χ1n) is 19.8. The molecule has 7 nitrogen and oxygen atoms in total. The second-order valence-corrected chi connectivity index (χ2v) is 15.1. The van der Waals surface area contributed by atoms with E-state index in [-0.39, 0.29) is 53.9 Å². The third-order valence-electron chi connectivity index (χ3n) is 9.14. The molecular weight excluding hydrogens is 647 g/mol. The van der Waals surface area contributed by atoms with Crippen LogP contribution < -0.4 is 0 Å². The quantitative estimate of drug-likeness (QED) is 0.0333. The standard InChI is InChI=1S/C40H70O7S.Na.H/c1-3-5-7-9-11-13-15-17-19-21-23-25-27-29-31-46-39(41)36-33-37(35-38(34-36)48(43,44)45)40(42)47-32-30-28-26-24-22-20-18-16-14-12-10-8-6-4-2;;/h33-35H,3-32H2,1-2H3,(H,43,44,45);;. The van der Waals surface area contributed by atoms with Crippen LogP contribution in [-0.4, -0.2) is 67.7 Å². The van der Waals surface area contributed by atoms with E-state index in [9.17, 15) is 22.6 Å². The molecular formula is C40H71NaO7S. The fourth-order valence-electron chi connectivity index (χ4n) is 6.07. The van der Waals surface area contributed by atoms with Crippen LogP contribution in [0.5, 0.6) is 0 Å². The molecule has 0 radical (unpaired) electrons. The summed E-state index contributed by atoms with van der Waals surface area (Å²) in [5.41, 5.74) is -0.196. The second-order valence-electron chi connectivity index (χ2n) is 13.7. The molecule has 0 spiro atoms. The number of esters is 2. The average Bonchev–Trinajstić information content (AvgIpc) is 3.07. The van der Waals surface area contributed by atoms with Gasteiger partial charge in [-0.05, 0) is 31.0 Å². The molecule has 9 heteroatoms. The Labute approximate surface area is 322 Å². The zero-order chi connectivity index (χ0) is 35.1. The monoisotopic (exact) mass is 718 g/mol. The summed E-state index contributed by atoms with van der Waals surface area (Å²) in [4.78, 5) is 24.8. The molecule has 0 aromatic heterocycles. The summed E-state index contributed by atoms with van der Waals surface area (Å²) >= 11 is 0. The number of benzene rings is 1. The first-order chi connectivity index (χ1) is 23.3. The summed E-state index contributed by atoms with van der Waals surface area (Å²) in [5, 5.41) is 0. The summed E-state index contributed by atoms with van der Waals surface area (Å²) in [6.07, 6.45) is 34.4. The van der Waals surface area contributed by atoms with Crippen LogP contribution in [0.4, 0.5) is 0 Å². The minimum atomic E-state index is -4.63. The van der Waals surface area contributed by atoms with Crippen LogP contribution in [-0.2, 0) is 19.6 Å². The van der Waals surface area contributed by atoms with E-state index in [0.717, 1.165) is 50.7 Å². The van der Waals surface area contributed by atoms with Crippen molar-refractivity contribution in [1.82, 2.24) is 0 Å². The van der Waals surface area contributed by atoms with E-state index in [1.165, 1.54) is 147 Å². The third kappa shape index (κ3) is 27.4. The molecule has 0 amide bonds.